The second-order valence-electron chi connectivity index (χ2n) is 7.37. The van der Waals surface area contributed by atoms with Crippen LogP contribution in [0.3, 0.4) is 0 Å². The van der Waals surface area contributed by atoms with E-state index in [1.54, 1.807) is 35.6 Å². The molecule has 0 atom stereocenters. The van der Waals surface area contributed by atoms with Crippen molar-refractivity contribution in [3.8, 4) is 0 Å². The molecule has 2 N–H and O–H groups in total. The second-order valence-corrected chi connectivity index (χ2v) is 8.88. The van der Waals surface area contributed by atoms with Crippen LogP contribution in [0.1, 0.15) is 64.3 Å². The molecule has 0 amide bonds. The average molecular weight is 447 g/mol. The van der Waals surface area contributed by atoms with Crippen molar-refractivity contribution in [2.45, 2.75) is 52.1 Å². The SMILES string of the molecule is COC(=O)c1c(NC(=S)Nc2ccc(C(=O)OC(C)C)cc2)sc2c1CCCCC2. The number of thiophene rings is 1. The number of nitrogens with one attached hydrogen (secondary N) is 2. The quantitative estimate of drug-likeness (QED) is 0.372. The predicted octanol–water partition coefficient (Wildman–Crippen LogP) is 5.18. The molecule has 1 heterocycles. The van der Waals surface area contributed by atoms with Crippen LogP contribution in [0.5, 0.6) is 0 Å². The second kappa shape index (κ2) is 10.0. The Kier molecular flexibility index (Phi) is 7.44. The maximum atomic E-state index is 12.4. The zero-order valence-electron chi connectivity index (χ0n) is 17.4. The average Bonchev–Trinajstić information content (AvgIpc) is 2.87. The third-order valence-corrected chi connectivity index (χ3v) is 6.17. The highest BCUT2D eigenvalue weighted by atomic mass is 32.1. The maximum absolute atomic E-state index is 12.4. The molecule has 1 aliphatic rings. The molecular formula is C22H26N2O4S2. The lowest BCUT2D eigenvalue weighted by molar-refractivity contribution is 0.0377. The van der Waals surface area contributed by atoms with Gasteiger partial charge in [-0.15, -0.1) is 11.3 Å². The van der Waals surface area contributed by atoms with Crippen molar-refractivity contribution in [1.29, 1.82) is 0 Å². The molecule has 0 saturated heterocycles. The molecule has 6 nitrogen and oxygen atoms in total. The summed E-state index contributed by atoms with van der Waals surface area (Å²) in [6.45, 7) is 3.62. The lowest BCUT2D eigenvalue weighted by Gasteiger charge is -2.12. The number of hydrogen-bond donors (Lipinski definition) is 2. The number of benzene rings is 1. The summed E-state index contributed by atoms with van der Waals surface area (Å²) in [6, 6.07) is 6.89. The van der Waals surface area contributed by atoms with E-state index in [0.717, 1.165) is 36.9 Å². The third-order valence-electron chi connectivity index (χ3n) is 4.76. The molecule has 30 heavy (non-hydrogen) atoms. The Morgan fingerprint density at radius 2 is 1.73 bits per heavy atom. The molecule has 0 radical (unpaired) electrons. The largest absolute Gasteiger partial charge is 0.465 e. The van der Waals surface area contributed by atoms with Gasteiger partial charge in [-0.1, -0.05) is 6.42 Å². The fourth-order valence-corrected chi connectivity index (χ4v) is 4.95. The first-order valence-electron chi connectivity index (χ1n) is 10.0. The molecule has 2 aromatic rings. The van der Waals surface area contributed by atoms with E-state index in [9.17, 15) is 9.59 Å². The van der Waals surface area contributed by atoms with E-state index >= 15 is 0 Å². The highest BCUT2D eigenvalue weighted by Crippen LogP contribution is 2.38. The monoisotopic (exact) mass is 446 g/mol. The minimum atomic E-state index is -0.361. The van der Waals surface area contributed by atoms with E-state index in [0.29, 0.717) is 21.2 Å². The van der Waals surface area contributed by atoms with Crippen LogP contribution in [-0.2, 0) is 22.3 Å². The topological polar surface area (TPSA) is 76.7 Å². The first-order chi connectivity index (χ1) is 14.4. The first-order valence-corrected chi connectivity index (χ1v) is 11.2. The Morgan fingerprint density at radius 1 is 1.03 bits per heavy atom. The fraction of sp³-hybridized carbons (Fsp3) is 0.409. The number of thiocarbonyl (C=S) groups is 1. The van der Waals surface area contributed by atoms with Gasteiger partial charge < -0.3 is 20.1 Å². The molecule has 0 saturated carbocycles. The summed E-state index contributed by atoms with van der Waals surface area (Å²) >= 11 is 7.02. The van der Waals surface area contributed by atoms with Gasteiger partial charge in [0.1, 0.15) is 5.00 Å². The van der Waals surface area contributed by atoms with Gasteiger partial charge in [0.2, 0.25) is 0 Å². The van der Waals surface area contributed by atoms with Gasteiger partial charge in [0.15, 0.2) is 5.11 Å². The van der Waals surface area contributed by atoms with Gasteiger partial charge in [0.05, 0.1) is 24.3 Å². The van der Waals surface area contributed by atoms with Crippen LogP contribution < -0.4 is 10.6 Å². The van der Waals surface area contributed by atoms with Crippen molar-refractivity contribution in [2.24, 2.45) is 0 Å². The molecule has 8 heteroatoms. The third kappa shape index (κ3) is 5.37. The minimum absolute atomic E-state index is 0.169. The fourth-order valence-electron chi connectivity index (χ4n) is 3.39. The lowest BCUT2D eigenvalue weighted by Crippen LogP contribution is -2.20. The van der Waals surface area contributed by atoms with E-state index in [-0.39, 0.29) is 18.0 Å². The molecule has 3 rings (SSSR count). The molecular weight excluding hydrogens is 420 g/mol. The maximum Gasteiger partial charge on any atom is 0.341 e. The molecule has 0 bridgehead atoms. The van der Waals surface area contributed by atoms with Crippen LogP contribution in [0.2, 0.25) is 0 Å². The van der Waals surface area contributed by atoms with Crippen molar-refractivity contribution in [1.82, 2.24) is 0 Å². The Morgan fingerprint density at radius 3 is 2.40 bits per heavy atom. The highest BCUT2D eigenvalue weighted by molar-refractivity contribution is 7.80. The molecule has 0 unspecified atom stereocenters. The molecule has 0 fully saturated rings. The summed E-state index contributed by atoms with van der Waals surface area (Å²) in [5, 5.41) is 7.34. The summed E-state index contributed by atoms with van der Waals surface area (Å²) in [6.07, 6.45) is 5.05. The number of methoxy groups -OCH3 is 1. The van der Waals surface area contributed by atoms with E-state index < -0.39 is 0 Å². The van der Waals surface area contributed by atoms with Crippen LogP contribution in [0.25, 0.3) is 0 Å². The summed E-state index contributed by atoms with van der Waals surface area (Å²) in [4.78, 5) is 25.6. The number of carbonyl (C=O) groups is 2. The van der Waals surface area contributed by atoms with Gasteiger partial charge in [-0.25, -0.2) is 9.59 Å². The van der Waals surface area contributed by atoms with Crippen LogP contribution in [0, 0.1) is 0 Å². The normalized spacial score (nSPS) is 13.2. The molecule has 1 aliphatic carbocycles. The molecule has 160 valence electrons. The van der Waals surface area contributed by atoms with Gasteiger partial charge in [-0.3, -0.25) is 0 Å². The Hall–Kier alpha value is -2.45. The van der Waals surface area contributed by atoms with Crippen LogP contribution in [-0.4, -0.2) is 30.3 Å². The van der Waals surface area contributed by atoms with Crippen molar-refractivity contribution in [3.63, 3.8) is 0 Å². The number of carbonyl (C=O) groups excluding carboxylic acids is 2. The Labute approximate surface area is 186 Å². The number of aryl methyl sites for hydroxylation is 1. The minimum Gasteiger partial charge on any atom is -0.465 e. The smallest absolute Gasteiger partial charge is 0.341 e. The molecule has 0 aliphatic heterocycles. The summed E-state index contributed by atoms with van der Waals surface area (Å²) in [7, 11) is 1.40. The van der Waals surface area contributed by atoms with E-state index in [1.165, 1.54) is 18.4 Å². The molecule has 1 aromatic heterocycles. The Bertz CT molecular complexity index is 935. The van der Waals surface area contributed by atoms with Gasteiger partial charge in [0, 0.05) is 10.6 Å². The molecule has 0 spiro atoms. The van der Waals surface area contributed by atoms with Crippen molar-refractivity contribution in [3.05, 3.63) is 45.8 Å². The number of esters is 2. The van der Waals surface area contributed by atoms with Crippen molar-refractivity contribution in [2.75, 3.05) is 17.7 Å². The van der Waals surface area contributed by atoms with Crippen LogP contribution in [0.4, 0.5) is 10.7 Å². The van der Waals surface area contributed by atoms with Gasteiger partial charge in [-0.05, 0) is 81.6 Å². The number of ether oxygens (including phenoxy) is 2. The summed E-state index contributed by atoms with van der Waals surface area (Å²) < 4.78 is 10.2. The van der Waals surface area contributed by atoms with Crippen molar-refractivity contribution >= 4 is 51.3 Å². The Balaban J connectivity index is 1.72. The summed E-state index contributed by atoms with van der Waals surface area (Å²) in [5.41, 5.74) is 2.88. The van der Waals surface area contributed by atoms with Gasteiger partial charge >= 0.3 is 11.9 Å². The number of hydrogen-bond acceptors (Lipinski definition) is 6. The van der Waals surface area contributed by atoms with E-state index in [2.05, 4.69) is 10.6 Å². The van der Waals surface area contributed by atoms with Crippen LogP contribution in [0.15, 0.2) is 24.3 Å². The zero-order chi connectivity index (χ0) is 21.7. The number of anilines is 2. The number of fused-ring (bicyclic) bond motifs is 1. The summed E-state index contributed by atoms with van der Waals surface area (Å²) in [5.74, 6) is -0.701. The standard InChI is InChI=1S/C22H26N2O4S2/c1-13(2)28-20(25)14-9-11-15(12-10-14)23-22(29)24-19-18(21(26)27-3)16-7-5-4-6-8-17(16)30-19/h9-13H,4-8H2,1-3H3,(H2,23,24,29). The lowest BCUT2D eigenvalue weighted by atomic mass is 10.1. The van der Waals surface area contributed by atoms with Crippen LogP contribution >= 0.6 is 23.6 Å². The first kappa shape index (κ1) is 22.2. The van der Waals surface area contributed by atoms with Gasteiger partial charge in [0.25, 0.3) is 0 Å². The zero-order valence-corrected chi connectivity index (χ0v) is 19.0. The molecule has 1 aromatic carbocycles. The predicted molar refractivity (Wildman–Crippen MR) is 124 cm³/mol. The highest BCUT2D eigenvalue weighted by Gasteiger charge is 2.25. The number of rotatable bonds is 5. The van der Waals surface area contributed by atoms with E-state index in [1.807, 2.05) is 13.8 Å². The van der Waals surface area contributed by atoms with Gasteiger partial charge in [-0.2, -0.15) is 0 Å². The van der Waals surface area contributed by atoms with Crippen molar-refractivity contribution < 1.29 is 19.1 Å². The van der Waals surface area contributed by atoms with E-state index in [4.69, 9.17) is 21.7 Å².